The zero-order valence-corrected chi connectivity index (χ0v) is 24.4. The second kappa shape index (κ2) is 11.7. The first-order valence-corrected chi connectivity index (χ1v) is 15.5. The van der Waals surface area contributed by atoms with Crippen LogP contribution in [0.2, 0.25) is 0 Å². The highest BCUT2D eigenvalue weighted by Crippen LogP contribution is 2.55. The Bertz CT molecular complexity index is 1230. The van der Waals surface area contributed by atoms with Gasteiger partial charge in [0.15, 0.2) is 0 Å². The molecule has 1 aromatic carbocycles. The maximum Gasteiger partial charge on any atom is 0.289 e. The molecule has 0 radical (unpaired) electrons. The highest BCUT2D eigenvalue weighted by Gasteiger charge is 2.51. The summed E-state index contributed by atoms with van der Waals surface area (Å²) in [5.41, 5.74) is 1.65. The van der Waals surface area contributed by atoms with Crippen LogP contribution in [0, 0.1) is 11.3 Å². The Hall–Kier alpha value is -3.47. The van der Waals surface area contributed by atoms with Gasteiger partial charge in [-0.25, -0.2) is 0 Å². The third kappa shape index (κ3) is 6.30. The first kappa shape index (κ1) is 28.6. The summed E-state index contributed by atoms with van der Waals surface area (Å²) in [7, 11) is 2.11. The van der Waals surface area contributed by atoms with Crippen LogP contribution >= 0.6 is 0 Å². The number of hydrogen-bond donors (Lipinski definition) is 3. The quantitative estimate of drug-likeness (QED) is 0.368. The van der Waals surface area contributed by atoms with Gasteiger partial charge in [0.25, 0.3) is 11.8 Å². The molecule has 5 fully saturated rings. The minimum absolute atomic E-state index is 0.00333. The number of amides is 4. The van der Waals surface area contributed by atoms with Gasteiger partial charge in [0.1, 0.15) is 6.04 Å². The normalized spacial score (nSPS) is 26.0. The van der Waals surface area contributed by atoms with E-state index in [1.165, 1.54) is 0 Å². The van der Waals surface area contributed by atoms with Gasteiger partial charge in [-0.15, -0.1) is 0 Å². The van der Waals surface area contributed by atoms with Gasteiger partial charge in [0.05, 0.1) is 6.04 Å². The first-order valence-electron chi connectivity index (χ1n) is 15.5. The standard InChI is InChI=1S/C31H42N6O5/c1-35-14-16-36(17-15-35)23-6-2-20(3-7-23)30(42)37-13-11-31(9-10-31)19-25(37)28(40)34-24(18-21-8-12-32-27(21)39)26(38)29(41)33-22-4-5-22/h2-3,6-7,21-22,24-25H,4-5,8-19H2,1H3,(H,32,39)(H,33,41)(H,34,40)/t21-,24-,25-/m0/s1. The zero-order valence-electron chi connectivity index (χ0n) is 24.4. The predicted octanol–water partition coefficient (Wildman–Crippen LogP) is 0.682. The first-order chi connectivity index (χ1) is 20.2. The van der Waals surface area contributed by atoms with E-state index in [2.05, 4.69) is 32.8 Å². The Kier molecular flexibility index (Phi) is 7.95. The van der Waals surface area contributed by atoms with Crippen molar-refractivity contribution < 1.29 is 24.0 Å². The molecule has 0 aromatic heterocycles. The molecule has 5 aliphatic rings. The Labute approximate surface area is 246 Å². The number of likely N-dealkylation sites (N-methyl/N-ethyl adjacent to an activating group) is 1. The van der Waals surface area contributed by atoms with Crippen LogP contribution in [0.4, 0.5) is 5.69 Å². The van der Waals surface area contributed by atoms with Crippen LogP contribution in [-0.4, -0.2) is 104 Å². The summed E-state index contributed by atoms with van der Waals surface area (Å²) < 4.78 is 0. The van der Waals surface area contributed by atoms with Gasteiger partial charge in [-0.1, -0.05) is 0 Å². The van der Waals surface area contributed by atoms with Gasteiger partial charge >= 0.3 is 0 Å². The largest absolute Gasteiger partial charge is 0.369 e. The number of carbonyl (C=O) groups is 5. The second-order valence-electron chi connectivity index (χ2n) is 13.0. The summed E-state index contributed by atoms with van der Waals surface area (Å²) in [6, 6.07) is 5.74. The number of nitrogens with one attached hydrogen (secondary N) is 3. The van der Waals surface area contributed by atoms with E-state index in [0.717, 1.165) is 64.0 Å². The van der Waals surface area contributed by atoms with E-state index in [0.29, 0.717) is 31.5 Å². The molecule has 2 saturated carbocycles. The Balaban J connectivity index is 1.17. The van der Waals surface area contributed by atoms with Crippen molar-refractivity contribution in [1.29, 1.82) is 0 Å². The molecular weight excluding hydrogens is 536 g/mol. The summed E-state index contributed by atoms with van der Waals surface area (Å²) in [6.07, 6.45) is 5.69. The number of piperidine rings is 1. The van der Waals surface area contributed by atoms with Gasteiger partial charge < -0.3 is 30.7 Å². The molecule has 0 unspecified atom stereocenters. The van der Waals surface area contributed by atoms with Gasteiger partial charge in [-0.3, -0.25) is 24.0 Å². The average Bonchev–Trinajstić information content (AvgIpc) is 3.93. The van der Waals surface area contributed by atoms with Crippen LogP contribution in [0.5, 0.6) is 0 Å². The Morgan fingerprint density at radius 1 is 0.976 bits per heavy atom. The smallest absolute Gasteiger partial charge is 0.289 e. The van der Waals surface area contributed by atoms with E-state index in [9.17, 15) is 24.0 Å². The molecule has 11 nitrogen and oxygen atoms in total. The Morgan fingerprint density at radius 3 is 2.31 bits per heavy atom. The van der Waals surface area contributed by atoms with Crippen LogP contribution in [0.25, 0.3) is 0 Å². The van der Waals surface area contributed by atoms with E-state index in [1.54, 1.807) is 4.90 Å². The molecule has 2 aliphatic carbocycles. The molecule has 226 valence electrons. The minimum Gasteiger partial charge on any atom is -0.369 e. The van der Waals surface area contributed by atoms with E-state index >= 15 is 0 Å². The molecule has 1 aromatic rings. The van der Waals surface area contributed by atoms with E-state index in [-0.39, 0.29) is 29.7 Å². The van der Waals surface area contributed by atoms with Crippen molar-refractivity contribution in [3.05, 3.63) is 29.8 Å². The van der Waals surface area contributed by atoms with Crippen molar-refractivity contribution >= 4 is 35.1 Å². The number of Topliss-reactive ketones (excluding diaryl/α,β-unsaturated/α-hetero) is 1. The summed E-state index contributed by atoms with van der Waals surface area (Å²) in [4.78, 5) is 72.1. The summed E-state index contributed by atoms with van der Waals surface area (Å²) in [5.74, 6) is -2.72. The van der Waals surface area contributed by atoms with Crippen molar-refractivity contribution in [2.75, 3.05) is 51.2 Å². The fourth-order valence-electron chi connectivity index (χ4n) is 6.59. The lowest BCUT2D eigenvalue weighted by Crippen LogP contribution is -2.58. The zero-order chi connectivity index (χ0) is 29.4. The number of likely N-dealkylation sites (tertiary alicyclic amines) is 1. The lowest BCUT2D eigenvalue weighted by Gasteiger charge is -2.39. The highest BCUT2D eigenvalue weighted by atomic mass is 16.2. The van der Waals surface area contributed by atoms with Gasteiger partial charge in [0, 0.05) is 62.5 Å². The van der Waals surface area contributed by atoms with E-state index < -0.39 is 35.6 Å². The minimum atomic E-state index is -1.12. The maximum absolute atomic E-state index is 13.9. The highest BCUT2D eigenvalue weighted by molar-refractivity contribution is 6.38. The van der Waals surface area contributed by atoms with Crippen molar-refractivity contribution in [2.24, 2.45) is 11.3 Å². The molecule has 3 atom stereocenters. The molecule has 3 saturated heterocycles. The maximum atomic E-state index is 13.9. The molecule has 3 aliphatic heterocycles. The van der Waals surface area contributed by atoms with Crippen LogP contribution in [0.3, 0.4) is 0 Å². The fraction of sp³-hybridized carbons (Fsp3) is 0.645. The number of rotatable bonds is 9. The molecule has 4 amide bonds. The second-order valence-corrected chi connectivity index (χ2v) is 13.0. The number of nitrogens with zero attached hydrogens (tertiary/aromatic N) is 3. The topological polar surface area (TPSA) is 131 Å². The third-order valence-electron chi connectivity index (χ3n) is 9.84. The average molecular weight is 579 g/mol. The molecule has 3 heterocycles. The molecule has 0 bridgehead atoms. The number of anilines is 1. The molecule has 1 spiro atoms. The molecule has 11 heteroatoms. The monoisotopic (exact) mass is 578 g/mol. The van der Waals surface area contributed by atoms with Gasteiger partial charge in [0.2, 0.25) is 17.6 Å². The number of ketones is 1. The van der Waals surface area contributed by atoms with Gasteiger partial charge in [-0.05, 0) is 88.1 Å². The van der Waals surface area contributed by atoms with Crippen LogP contribution in [0.1, 0.15) is 61.7 Å². The number of piperazine rings is 1. The molecule has 6 rings (SSSR count). The van der Waals surface area contributed by atoms with Crippen molar-refractivity contribution in [2.45, 2.75) is 69.5 Å². The lowest BCUT2D eigenvalue weighted by molar-refractivity contribution is -0.141. The summed E-state index contributed by atoms with van der Waals surface area (Å²) in [5, 5.41) is 8.31. The number of carbonyl (C=O) groups excluding carboxylic acids is 5. The van der Waals surface area contributed by atoms with Crippen molar-refractivity contribution in [3.8, 4) is 0 Å². The van der Waals surface area contributed by atoms with Crippen LogP contribution in [0.15, 0.2) is 24.3 Å². The number of benzene rings is 1. The van der Waals surface area contributed by atoms with Crippen molar-refractivity contribution in [1.82, 2.24) is 25.8 Å². The Morgan fingerprint density at radius 2 is 1.69 bits per heavy atom. The van der Waals surface area contributed by atoms with Crippen LogP contribution < -0.4 is 20.9 Å². The predicted molar refractivity (Wildman–Crippen MR) is 156 cm³/mol. The molecule has 3 N–H and O–H groups in total. The third-order valence-corrected chi connectivity index (χ3v) is 9.84. The van der Waals surface area contributed by atoms with Crippen molar-refractivity contribution in [3.63, 3.8) is 0 Å². The summed E-state index contributed by atoms with van der Waals surface area (Å²) >= 11 is 0. The lowest BCUT2D eigenvalue weighted by atomic mass is 9.86. The SMILES string of the molecule is CN1CCN(c2ccc(C(=O)N3CCC4(CC4)C[C@H]3C(=O)N[C@@H](C[C@@H]3CCNC3=O)C(=O)C(=O)NC3CC3)cc2)CC1. The van der Waals surface area contributed by atoms with E-state index in [1.807, 2.05) is 24.3 Å². The molecular formula is C31H42N6O5. The molecule has 42 heavy (non-hydrogen) atoms. The van der Waals surface area contributed by atoms with Crippen LogP contribution in [-0.2, 0) is 19.2 Å². The number of hydrogen-bond acceptors (Lipinski definition) is 7. The van der Waals surface area contributed by atoms with Gasteiger partial charge in [-0.2, -0.15) is 0 Å². The van der Waals surface area contributed by atoms with E-state index in [4.69, 9.17) is 0 Å². The summed E-state index contributed by atoms with van der Waals surface area (Å²) in [6.45, 7) is 4.81. The fourth-order valence-corrected chi connectivity index (χ4v) is 6.59.